The van der Waals surface area contributed by atoms with Crippen LogP contribution >= 0.6 is 0 Å². The van der Waals surface area contributed by atoms with Crippen molar-refractivity contribution in [1.29, 1.82) is 0 Å². The van der Waals surface area contributed by atoms with Gasteiger partial charge in [-0.05, 0) is 49.9 Å². The fourth-order valence-corrected chi connectivity index (χ4v) is 2.41. The number of carboxylic acids is 1. The van der Waals surface area contributed by atoms with Crippen LogP contribution in [0.2, 0.25) is 0 Å². The van der Waals surface area contributed by atoms with Gasteiger partial charge in [-0.3, -0.25) is 9.59 Å². The lowest BCUT2D eigenvalue weighted by Crippen LogP contribution is -2.42. The first-order valence-corrected chi connectivity index (χ1v) is 9.11. The van der Waals surface area contributed by atoms with Crippen molar-refractivity contribution in [2.45, 2.75) is 38.6 Å². The molecule has 0 saturated heterocycles. The highest BCUT2D eigenvalue weighted by atomic mass is 16.5. The Hall–Kier alpha value is -2.61. The second-order valence-electron chi connectivity index (χ2n) is 6.15. The predicted octanol–water partition coefficient (Wildman–Crippen LogP) is 1.62. The molecule has 0 spiro atoms. The normalized spacial score (nSPS) is 11.5. The number of aliphatic carboxylic acids is 1. The van der Waals surface area contributed by atoms with Crippen molar-refractivity contribution in [3.8, 4) is 0 Å². The number of hydrogen-bond donors (Lipinski definition) is 4. The zero-order chi connectivity index (χ0) is 20.1. The summed E-state index contributed by atoms with van der Waals surface area (Å²) in [6, 6.07) is 6.31. The van der Waals surface area contributed by atoms with Gasteiger partial charge in [0.1, 0.15) is 12.6 Å². The van der Waals surface area contributed by atoms with E-state index in [0.29, 0.717) is 31.4 Å². The van der Waals surface area contributed by atoms with Gasteiger partial charge < -0.3 is 25.8 Å². The molecule has 1 aromatic carbocycles. The second-order valence-corrected chi connectivity index (χ2v) is 6.15. The molecule has 0 heterocycles. The molecule has 8 nitrogen and oxygen atoms in total. The number of rotatable bonds is 13. The van der Waals surface area contributed by atoms with Gasteiger partial charge in [-0.2, -0.15) is 0 Å². The Bertz CT molecular complexity index is 604. The van der Waals surface area contributed by atoms with Crippen LogP contribution in [0, 0.1) is 0 Å². The van der Waals surface area contributed by atoms with Crippen molar-refractivity contribution >= 4 is 23.5 Å². The molecule has 0 aliphatic carbocycles. The van der Waals surface area contributed by atoms with Gasteiger partial charge in [0, 0.05) is 31.5 Å². The van der Waals surface area contributed by atoms with Gasteiger partial charge in [0.05, 0.1) is 0 Å². The first-order valence-electron chi connectivity index (χ1n) is 9.11. The number of carbonyl (C=O) groups excluding carboxylic acids is 2. The molecule has 8 heteroatoms. The highest BCUT2D eigenvalue weighted by molar-refractivity contribution is 5.94. The first kappa shape index (κ1) is 22.4. The van der Waals surface area contributed by atoms with E-state index < -0.39 is 17.9 Å². The SMILES string of the molecule is CCCNc1ccc(C(=O)NCCCCC(NC(=O)COC)C(=O)O)cc1. The minimum atomic E-state index is -1.08. The average Bonchev–Trinajstić information content (AvgIpc) is 2.65. The maximum Gasteiger partial charge on any atom is 0.326 e. The maximum atomic E-state index is 12.1. The zero-order valence-electron chi connectivity index (χ0n) is 15.9. The van der Waals surface area contributed by atoms with Crippen LogP contribution in [0.3, 0.4) is 0 Å². The van der Waals surface area contributed by atoms with Crippen LogP contribution in [-0.4, -0.2) is 55.7 Å². The van der Waals surface area contributed by atoms with E-state index in [4.69, 9.17) is 5.11 Å². The average molecular weight is 379 g/mol. The minimum absolute atomic E-state index is 0.166. The number of methoxy groups -OCH3 is 1. The van der Waals surface area contributed by atoms with Crippen LogP contribution < -0.4 is 16.0 Å². The molecule has 1 aromatic rings. The number of ether oxygens (including phenoxy) is 1. The van der Waals surface area contributed by atoms with Crippen LogP contribution in [0.1, 0.15) is 43.0 Å². The van der Waals surface area contributed by atoms with Crippen molar-refractivity contribution in [3.05, 3.63) is 29.8 Å². The molecule has 4 N–H and O–H groups in total. The third-order valence-electron chi connectivity index (χ3n) is 3.84. The highest BCUT2D eigenvalue weighted by Crippen LogP contribution is 2.09. The molecule has 0 aromatic heterocycles. The quantitative estimate of drug-likeness (QED) is 0.387. The summed E-state index contributed by atoms with van der Waals surface area (Å²) in [6.45, 7) is 3.23. The van der Waals surface area contributed by atoms with Gasteiger partial charge in [0.2, 0.25) is 5.91 Å². The third-order valence-corrected chi connectivity index (χ3v) is 3.84. The van der Waals surface area contributed by atoms with Crippen LogP contribution in [0.5, 0.6) is 0 Å². The lowest BCUT2D eigenvalue weighted by molar-refractivity contribution is -0.142. The molecule has 0 radical (unpaired) electrons. The lowest BCUT2D eigenvalue weighted by atomic mass is 10.1. The molecule has 1 unspecified atom stereocenters. The fourth-order valence-electron chi connectivity index (χ4n) is 2.41. The summed E-state index contributed by atoms with van der Waals surface area (Å²) >= 11 is 0. The predicted molar refractivity (Wildman–Crippen MR) is 103 cm³/mol. The largest absolute Gasteiger partial charge is 0.480 e. The van der Waals surface area contributed by atoms with E-state index in [9.17, 15) is 14.4 Å². The number of unbranched alkanes of at least 4 members (excludes halogenated alkanes) is 1. The van der Waals surface area contributed by atoms with Gasteiger partial charge in [0.25, 0.3) is 5.91 Å². The van der Waals surface area contributed by atoms with Crippen LogP contribution in [0.15, 0.2) is 24.3 Å². The third kappa shape index (κ3) is 9.05. The van der Waals surface area contributed by atoms with Gasteiger partial charge in [-0.25, -0.2) is 4.79 Å². The van der Waals surface area contributed by atoms with E-state index in [0.717, 1.165) is 18.7 Å². The van der Waals surface area contributed by atoms with E-state index in [2.05, 4.69) is 27.6 Å². The van der Waals surface area contributed by atoms with E-state index in [1.165, 1.54) is 7.11 Å². The van der Waals surface area contributed by atoms with Gasteiger partial charge in [0.15, 0.2) is 0 Å². The summed E-state index contributed by atoms with van der Waals surface area (Å²) in [7, 11) is 1.37. The number of benzene rings is 1. The van der Waals surface area contributed by atoms with Crippen molar-refractivity contribution in [2.24, 2.45) is 0 Å². The Morgan fingerprint density at radius 1 is 1.11 bits per heavy atom. The lowest BCUT2D eigenvalue weighted by Gasteiger charge is -2.14. The number of amides is 2. The molecule has 27 heavy (non-hydrogen) atoms. The number of carbonyl (C=O) groups is 3. The Morgan fingerprint density at radius 2 is 1.81 bits per heavy atom. The monoisotopic (exact) mass is 379 g/mol. The number of nitrogens with one attached hydrogen (secondary N) is 3. The van der Waals surface area contributed by atoms with E-state index in [1.54, 1.807) is 12.1 Å². The Balaban J connectivity index is 2.30. The molecule has 0 bridgehead atoms. The molecular weight excluding hydrogens is 350 g/mol. The smallest absolute Gasteiger partial charge is 0.326 e. The Labute approximate surface area is 159 Å². The number of carboxylic acid groups (broad SMARTS) is 1. The second kappa shape index (κ2) is 12.7. The Kier molecular flexibility index (Phi) is 10.5. The minimum Gasteiger partial charge on any atom is -0.480 e. The summed E-state index contributed by atoms with van der Waals surface area (Å²) in [5, 5.41) is 17.6. The van der Waals surface area contributed by atoms with Crippen LogP contribution in [0.4, 0.5) is 5.69 Å². The van der Waals surface area contributed by atoms with Crippen molar-refractivity contribution in [1.82, 2.24) is 10.6 Å². The summed E-state index contributed by atoms with van der Waals surface area (Å²) < 4.78 is 4.67. The molecule has 150 valence electrons. The summed E-state index contributed by atoms with van der Waals surface area (Å²) in [6.07, 6.45) is 2.50. The molecular formula is C19H29N3O5. The summed E-state index contributed by atoms with van der Waals surface area (Å²) in [5.41, 5.74) is 1.55. The molecule has 0 aliphatic heterocycles. The molecule has 0 saturated carbocycles. The van der Waals surface area contributed by atoms with E-state index in [1.807, 2.05) is 12.1 Å². The van der Waals surface area contributed by atoms with Crippen molar-refractivity contribution in [3.63, 3.8) is 0 Å². The molecule has 1 rings (SSSR count). The van der Waals surface area contributed by atoms with E-state index >= 15 is 0 Å². The first-order chi connectivity index (χ1) is 13.0. The standard InChI is InChI=1S/C19H29N3O5/c1-3-11-20-15-9-7-14(8-10-15)18(24)21-12-5-4-6-16(19(25)26)22-17(23)13-27-2/h7-10,16,20H,3-6,11-13H2,1-2H3,(H,21,24)(H,22,23)(H,25,26). The van der Waals surface area contributed by atoms with Gasteiger partial charge >= 0.3 is 5.97 Å². The van der Waals surface area contributed by atoms with Crippen molar-refractivity contribution in [2.75, 3.05) is 32.1 Å². The molecule has 1 atom stereocenters. The highest BCUT2D eigenvalue weighted by Gasteiger charge is 2.19. The van der Waals surface area contributed by atoms with Crippen molar-refractivity contribution < 1.29 is 24.2 Å². The summed E-state index contributed by atoms with van der Waals surface area (Å²) in [5.74, 6) is -1.71. The zero-order valence-corrected chi connectivity index (χ0v) is 15.9. The van der Waals surface area contributed by atoms with Crippen LogP contribution in [-0.2, 0) is 14.3 Å². The topological polar surface area (TPSA) is 117 Å². The van der Waals surface area contributed by atoms with Gasteiger partial charge in [-0.1, -0.05) is 6.92 Å². The summed E-state index contributed by atoms with van der Waals surface area (Å²) in [4.78, 5) is 34.7. The molecule has 0 fully saturated rings. The molecule has 2 amide bonds. The van der Waals surface area contributed by atoms with Gasteiger partial charge in [-0.15, -0.1) is 0 Å². The molecule has 0 aliphatic rings. The maximum absolute atomic E-state index is 12.1. The Morgan fingerprint density at radius 3 is 2.41 bits per heavy atom. The van der Waals surface area contributed by atoms with Crippen LogP contribution in [0.25, 0.3) is 0 Å². The van der Waals surface area contributed by atoms with E-state index in [-0.39, 0.29) is 12.5 Å². The number of hydrogen-bond acceptors (Lipinski definition) is 5. The fraction of sp³-hybridized carbons (Fsp3) is 0.526. The number of anilines is 1.